The number of hydrogen-bond acceptors (Lipinski definition) is 3. The van der Waals surface area contributed by atoms with Gasteiger partial charge in [0, 0.05) is 12.5 Å². The van der Waals surface area contributed by atoms with Crippen LogP contribution in [0.15, 0.2) is 4.60 Å². The zero-order valence-electron chi connectivity index (χ0n) is 10.8. The summed E-state index contributed by atoms with van der Waals surface area (Å²) in [4.78, 5) is 7.14. The van der Waals surface area contributed by atoms with E-state index in [1.54, 1.807) is 0 Å². The van der Waals surface area contributed by atoms with Gasteiger partial charge in [0.25, 0.3) is 0 Å². The van der Waals surface area contributed by atoms with Crippen LogP contribution in [0.1, 0.15) is 49.9 Å². The Hall–Kier alpha value is -0.390. The van der Waals surface area contributed by atoms with Crippen molar-refractivity contribution in [1.82, 2.24) is 14.5 Å². The van der Waals surface area contributed by atoms with Gasteiger partial charge in [0.2, 0.25) is 0 Å². The maximum atomic E-state index is 10.2. The van der Waals surface area contributed by atoms with Gasteiger partial charge in [-0.3, -0.25) is 0 Å². The molecular formula is C13H20BrN3O. The second kappa shape index (κ2) is 4.94. The lowest BCUT2D eigenvalue weighted by molar-refractivity contribution is 0.0745. The number of imidazole rings is 1. The molecule has 1 aromatic rings. The Bertz CT molecular complexity index is 446. The van der Waals surface area contributed by atoms with Gasteiger partial charge >= 0.3 is 0 Å². The van der Waals surface area contributed by atoms with Gasteiger partial charge in [-0.25, -0.2) is 4.98 Å². The van der Waals surface area contributed by atoms with Crippen LogP contribution in [-0.2, 0) is 6.42 Å². The molecule has 0 amide bonds. The minimum Gasteiger partial charge on any atom is -0.373 e. The highest BCUT2D eigenvalue weighted by molar-refractivity contribution is 9.10. The molecule has 0 saturated carbocycles. The standard InChI is InChI=1S/C13H20BrN3O/c1-2-16-7-6-9(8-16)13-15-12(14)10-4-3-5-11(18)17(10)13/h9,11,18H,2-8H2,1H3. The Morgan fingerprint density at radius 2 is 2.28 bits per heavy atom. The van der Waals surface area contributed by atoms with Crippen molar-refractivity contribution < 1.29 is 5.11 Å². The minimum atomic E-state index is -0.377. The maximum Gasteiger partial charge on any atom is 0.132 e. The third-order valence-electron chi connectivity index (χ3n) is 4.25. The molecule has 1 saturated heterocycles. The fraction of sp³-hybridized carbons (Fsp3) is 0.769. The normalized spacial score (nSPS) is 28.6. The first-order chi connectivity index (χ1) is 8.70. The molecule has 3 heterocycles. The summed E-state index contributed by atoms with van der Waals surface area (Å²) >= 11 is 3.55. The molecule has 2 atom stereocenters. The number of rotatable bonds is 2. The van der Waals surface area contributed by atoms with Crippen LogP contribution in [0.25, 0.3) is 0 Å². The first kappa shape index (κ1) is 12.6. The first-order valence-electron chi connectivity index (χ1n) is 6.87. The van der Waals surface area contributed by atoms with Crippen molar-refractivity contribution in [3.8, 4) is 0 Å². The van der Waals surface area contributed by atoms with Gasteiger partial charge < -0.3 is 14.6 Å². The van der Waals surface area contributed by atoms with Gasteiger partial charge in [0.05, 0.1) is 5.69 Å². The molecule has 2 unspecified atom stereocenters. The van der Waals surface area contributed by atoms with Crippen LogP contribution in [0.5, 0.6) is 0 Å². The molecule has 0 spiro atoms. The lowest BCUT2D eigenvalue weighted by Crippen LogP contribution is -2.23. The van der Waals surface area contributed by atoms with Crippen LogP contribution >= 0.6 is 15.9 Å². The van der Waals surface area contributed by atoms with Crippen molar-refractivity contribution in [2.75, 3.05) is 19.6 Å². The highest BCUT2D eigenvalue weighted by Crippen LogP contribution is 2.35. The molecule has 4 nitrogen and oxygen atoms in total. The van der Waals surface area contributed by atoms with E-state index in [4.69, 9.17) is 0 Å². The summed E-state index contributed by atoms with van der Waals surface area (Å²) in [6.07, 6.45) is 3.71. The van der Waals surface area contributed by atoms with Gasteiger partial charge in [0.1, 0.15) is 16.7 Å². The number of hydrogen-bond donors (Lipinski definition) is 1. The van der Waals surface area contributed by atoms with E-state index in [1.165, 1.54) is 5.69 Å². The zero-order chi connectivity index (χ0) is 12.7. The molecule has 18 heavy (non-hydrogen) atoms. The second-order valence-electron chi connectivity index (χ2n) is 5.33. The summed E-state index contributed by atoms with van der Waals surface area (Å²) in [6, 6.07) is 0. The summed E-state index contributed by atoms with van der Waals surface area (Å²) in [5.41, 5.74) is 1.18. The van der Waals surface area contributed by atoms with E-state index < -0.39 is 0 Å². The lowest BCUT2D eigenvalue weighted by atomic mass is 10.1. The Morgan fingerprint density at radius 1 is 1.44 bits per heavy atom. The minimum absolute atomic E-state index is 0.377. The fourth-order valence-corrected chi connectivity index (χ4v) is 3.78. The summed E-state index contributed by atoms with van der Waals surface area (Å²) in [5, 5.41) is 10.2. The van der Waals surface area contributed by atoms with E-state index in [0.717, 1.165) is 55.7 Å². The summed E-state index contributed by atoms with van der Waals surface area (Å²) in [7, 11) is 0. The average molecular weight is 314 g/mol. The smallest absolute Gasteiger partial charge is 0.132 e. The van der Waals surface area contributed by atoms with E-state index in [-0.39, 0.29) is 6.23 Å². The predicted octanol–water partition coefficient (Wildman–Crippen LogP) is 2.28. The van der Waals surface area contributed by atoms with Crippen molar-refractivity contribution in [1.29, 1.82) is 0 Å². The molecule has 1 N–H and O–H groups in total. The van der Waals surface area contributed by atoms with Crippen molar-refractivity contribution >= 4 is 15.9 Å². The quantitative estimate of drug-likeness (QED) is 0.910. The number of fused-ring (bicyclic) bond motifs is 1. The molecule has 3 rings (SSSR count). The van der Waals surface area contributed by atoms with Crippen molar-refractivity contribution in [2.45, 2.75) is 44.8 Å². The van der Waals surface area contributed by atoms with Crippen molar-refractivity contribution in [3.63, 3.8) is 0 Å². The van der Waals surface area contributed by atoms with Gasteiger partial charge in [-0.2, -0.15) is 0 Å². The molecule has 100 valence electrons. The number of halogens is 1. The average Bonchev–Trinajstić information content (AvgIpc) is 2.95. The zero-order valence-corrected chi connectivity index (χ0v) is 12.4. The van der Waals surface area contributed by atoms with Crippen molar-refractivity contribution in [2.24, 2.45) is 0 Å². The lowest BCUT2D eigenvalue weighted by Gasteiger charge is -2.24. The Labute approximate surface area is 116 Å². The fourth-order valence-electron chi connectivity index (χ4n) is 3.21. The van der Waals surface area contributed by atoms with Crippen LogP contribution in [0.2, 0.25) is 0 Å². The monoisotopic (exact) mass is 313 g/mol. The predicted molar refractivity (Wildman–Crippen MR) is 73.6 cm³/mol. The van der Waals surface area contributed by atoms with Crippen LogP contribution in [-0.4, -0.2) is 39.2 Å². The van der Waals surface area contributed by atoms with E-state index >= 15 is 0 Å². The molecule has 1 fully saturated rings. The first-order valence-corrected chi connectivity index (χ1v) is 7.67. The number of aliphatic hydroxyl groups is 1. The molecule has 2 aliphatic rings. The topological polar surface area (TPSA) is 41.3 Å². The van der Waals surface area contributed by atoms with E-state index in [0.29, 0.717) is 5.92 Å². The molecule has 0 aromatic carbocycles. The highest BCUT2D eigenvalue weighted by atomic mass is 79.9. The number of likely N-dealkylation sites (tertiary alicyclic amines) is 1. The van der Waals surface area contributed by atoms with Crippen LogP contribution in [0, 0.1) is 0 Å². The Kier molecular flexibility index (Phi) is 3.47. The molecule has 0 bridgehead atoms. The van der Waals surface area contributed by atoms with E-state index in [2.05, 4.69) is 37.3 Å². The number of aliphatic hydroxyl groups excluding tert-OH is 1. The Morgan fingerprint density at radius 3 is 3.00 bits per heavy atom. The summed E-state index contributed by atoms with van der Waals surface area (Å²) in [5.74, 6) is 1.56. The maximum absolute atomic E-state index is 10.2. The molecule has 5 heteroatoms. The van der Waals surface area contributed by atoms with Gasteiger partial charge in [0.15, 0.2) is 0 Å². The largest absolute Gasteiger partial charge is 0.373 e. The van der Waals surface area contributed by atoms with Crippen LogP contribution in [0.3, 0.4) is 0 Å². The molecule has 0 radical (unpaired) electrons. The molecule has 0 aliphatic carbocycles. The van der Waals surface area contributed by atoms with Crippen LogP contribution in [0.4, 0.5) is 0 Å². The molecule has 2 aliphatic heterocycles. The van der Waals surface area contributed by atoms with Gasteiger partial charge in [-0.1, -0.05) is 6.92 Å². The van der Waals surface area contributed by atoms with Gasteiger partial charge in [-0.05, 0) is 54.7 Å². The molecular weight excluding hydrogens is 294 g/mol. The SMILES string of the molecule is CCN1CCC(c2nc(Br)c3n2C(O)CCC3)C1. The Balaban J connectivity index is 1.93. The number of likely N-dealkylation sites (N-methyl/N-ethyl adjacent to an activating group) is 1. The third kappa shape index (κ3) is 2.02. The second-order valence-corrected chi connectivity index (χ2v) is 6.08. The van der Waals surface area contributed by atoms with Crippen molar-refractivity contribution in [3.05, 3.63) is 16.1 Å². The van der Waals surface area contributed by atoms with Gasteiger partial charge in [-0.15, -0.1) is 0 Å². The summed E-state index contributed by atoms with van der Waals surface area (Å²) in [6.45, 7) is 5.53. The number of nitrogens with zero attached hydrogens (tertiary/aromatic N) is 3. The third-order valence-corrected chi connectivity index (χ3v) is 4.88. The van der Waals surface area contributed by atoms with E-state index in [9.17, 15) is 5.11 Å². The summed E-state index contributed by atoms with van der Waals surface area (Å²) < 4.78 is 3.02. The number of aromatic nitrogens is 2. The van der Waals surface area contributed by atoms with Crippen LogP contribution < -0.4 is 0 Å². The molecule has 1 aromatic heterocycles. The highest BCUT2D eigenvalue weighted by Gasteiger charge is 2.32. The van der Waals surface area contributed by atoms with E-state index in [1.807, 2.05) is 0 Å².